The number of benzene rings is 1. The fourth-order valence-electron chi connectivity index (χ4n) is 3.84. The number of hydrogen-bond donors (Lipinski definition) is 3. The summed E-state index contributed by atoms with van der Waals surface area (Å²) in [6.45, 7) is 7.63. The highest BCUT2D eigenvalue weighted by Gasteiger charge is 2.11. The van der Waals surface area contributed by atoms with Crippen LogP contribution in [0.5, 0.6) is 5.88 Å². The first kappa shape index (κ1) is 20.3. The van der Waals surface area contributed by atoms with Crippen LogP contribution < -0.4 is 15.4 Å². The minimum Gasteiger partial charge on any atom is -0.478 e. The molecule has 1 fully saturated rings. The van der Waals surface area contributed by atoms with Crippen LogP contribution in [0.15, 0.2) is 48.9 Å². The van der Waals surface area contributed by atoms with E-state index in [0.717, 1.165) is 60.8 Å². The van der Waals surface area contributed by atoms with E-state index in [4.69, 9.17) is 4.74 Å². The van der Waals surface area contributed by atoms with Crippen molar-refractivity contribution in [1.82, 2.24) is 35.1 Å². The second-order valence-electron chi connectivity index (χ2n) is 7.69. The van der Waals surface area contributed by atoms with Gasteiger partial charge in [-0.1, -0.05) is 6.07 Å². The van der Waals surface area contributed by atoms with Crippen molar-refractivity contribution >= 4 is 22.8 Å². The molecule has 164 valence electrons. The molecule has 0 saturated carbocycles. The van der Waals surface area contributed by atoms with Gasteiger partial charge in [0.25, 0.3) is 0 Å². The van der Waals surface area contributed by atoms with Gasteiger partial charge >= 0.3 is 0 Å². The Morgan fingerprint density at radius 3 is 2.84 bits per heavy atom. The molecule has 3 N–H and O–H groups in total. The van der Waals surface area contributed by atoms with Gasteiger partial charge in [-0.25, -0.2) is 19.9 Å². The Hall–Kier alpha value is -3.56. The second kappa shape index (κ2) is 9.29. The molecule has 0 bridgehead atoms. The lowest BCUT2D eigenvalue weighted by atomic mass is 10.1. The number of nitrogens with one attached hydrogen (secondary N) is 3. The van der Waals surface area contributed by atoms with Crippen molar-refractivity contribution in [2.45, 2.75) is 13.5 Å². The van der Waals surface area contributed by atoms with E-state index in [1.54, 1.807) is 0 Å². The van der Waals surface area contributed by atoms with E-state index < -0.39 is 0 Å². The van der Waals surface area contributed by atoms with E-state index in [-0.39, 0.29) is 0 Å². The SMILES string of the molecule is CCOc1cc(-c2ccc3nc(Nc4cc(CN5CCNCC5)ccn4)[nH]c3c2)ncn1. The standard InChI is InChI=1S/C23H26N8O/c1-2-32-22-13-19(26-15-27-22)17-3-4-18-20(12-17)29-23(28-18)30-21-11-16(5-6-25-21)14-31-9-7-24-8-10-31/h3-6,11-13,15,24H,2,7-10,14H2,1H3,(H2,25,28,29,30). The van der Waals surface area contributed by atoms with E-state index in [2.05, 4.69) is 52.6 Å². The molecule has 1 aliphatic heterocycles. The van der Waals surface area contributed by atoms with Gasteiger partial charge in [-0.2, -0.15) is 0 Å². The first-order chi connectivity index (χ1) is 15.8. The fourth-order valence-corrected chi connectivity index (χ4v) is 3.84. The Balaban J connectivity index is 1.33. The van der Waals surface area contributed by atoms with Crippen molar-refractivity contribution < 1.29 is 4.74 Å². The maximum Gasteiger partial charge on any atom is 0.216 e. The van der Waals surface area contributed by atoms with Gasteiger partial charge in [0.05, 0.1) is 23.3 Å². The molecule has 0 amide bonds. The lowest BCUT2D eigenvalue weighted by Crippen LogP contribution is -2.42. The van der Waals surface area contributed by atoms with Gasteiger partial charge in [-0.15, -0.1) is 0 Å². The van der Waals surface area contributed by atoms with Gasteiger partial charge in [-0.3, -0.25) is 4.90 Å². The molecule has 0 aliphatic carbocycles. The predicted molar refractivity (Wildman–Crippen MR) is 124 cm³/mol. The molecule has 5 rings (SSSR count). The third kappa shape index (κ3) is 4.68. The van der Waals surface area contributed by atoms with Crippen molar-refractivity contribution in [3.8, 4) is 17.1 Å². The number of rotatable bonds is 7. The number of nitrogens with zero attached hydrogens (tertiary/aromatic N) is 5. The molecule has 9 nitrogen and oxygen atoms in total. The molecular formula is C23H26N8O. The lowest BCUT2D eigenvalue weighted by Gasteiger charge is -2.27. The van der Waals surface area contributed by atoms with Gasteiger partial charge in [0.2, 0.25) is 11.8 Å². The highest BCUT2D eigenvalue weighted by atomic mass is 16.5. The maximum atomic E-state index is 5.49. The minimum atomic E-state index is 0.565. The van der Waals surface area contributed by atoms with Gasteiger partial charge in [0.1, 0.15) is 12.1 Å². The summed E-state index contributed by atoms with van der Waals surface area (Å²) in [6.07, 6.45) is 3.36. The molecule has 1 aliphatic rings. The summed E-state index contributed by atoms with van der Waals surface area (Å²) < 4.78 is 5.49. The molecule has 0 atom stereocenters. The Morgan fingerprint density at radius 1 is 1.06 bits per heavy atom. The highest BCUT2D eigenvalue weighted by molar-refractivity contribution is 5.83. The number of imidazole rings is 1. The van der Waals surface area contributed by atoms with Crippen LogP contribution in [0.2, 0.25) is 0 Å². The second-order valence-corrected chi connectivity index (χ2v) is 7.69. The van der Waals surface area contributed by atoms with Gasteiger partial charge in [-0.05, 0) is 36.8 Å². The Labute approximate surface area is 186 Å². The molecule has 3 aromatic heterocycles. The van der Waals surface area contributed by atoms with Crippen LogP contribution in [0.25, 0.3) is 22.3 Å². The molecule has 1 saturated heterocycles. The van der Waals surface area contributed by atoms with E-state index in [1.165, 1.54) is 11.9 Å². The van der Waals surface area contributed by atoms with Crippen LogP contribution in [0.4, 0.5) is 11.8 Å². The van der Waals surface area contributed by atoms with Gasteiger partial charge in [0, 0.05) is 50.6 Å². The predicted octanol–water partition coefficient (Wildman–Crippen LogP) is 2.96. The molecule has 0 unspecified atom stereocenters. The van der Waals surface area contributed by atoms with E-state index in [1.807, 2.05) is 37.4 Å². The number of pyridine rings is 1. The van der Waals surface area contributed by atoms with Gasteiger partial charge in [0.15, 0.2) is 0 Å². The number of hydrogen-bond acceptors (Lipinski definition) is 8. The topological polar surface area (TPSA) is 104 Å². The maximum absolute atomic E-state index is 5.49. The normalized spacial score (nSPS) is 14.5. The lowest BCUT2D eigenvalue weighted by molar-refractivity contribution is 0.233. The number of ether oxygens (including phenoxy) is 1. The third-order valence-electron chi connectivity index (χ3n) is 5.40. The average Bonchev–Trinajstić information content (AvgIpc) is 3.22. The van der Waals surface area contributed by atoms with E-state index in [0.29, 0.717) is 18.4 Å². The van der Waals surface area contributed by atoms with Crippen LogP contribution >= 0.6 is 0 Å². The summed E-state index contributed by atoms with van der Waals surface area (Å²) in [5.74, 6) is 1.99. The Kier molecular flexibility index (Phi) is 5.91. The number of piperazine rings is 1. The van der Waals surface area contributed by atoms with Crippen LogP contribution in [-0.2, 0) is 6.54 Å². The molecule has 4 heterocycles. The van der Waals surface area contributed by atoms with Crippen molar-refractivity contribution in [2.24, 2.45) is 0 Å². The Bertz CT molecular complexity index is 1200. The van der Waals surface area contributed by atoms with Crippen molar-refractivity contribution in [1.29, 1.82) is 0 Å². The summed E-state index contributed by atoms with van der Waals surface area (Å²) in [5.41, 5.74) is 4.78. The quantitative estimate of drug-likeness (QED) is 0.411. The molecule has 1 aromatic carbocycles. The molecule has 0 radical (unpaired) electrons. The van der Waals surface area contributed by atoms with Crippen LogP contribution in [0, 0.1) is 0 Å². The minimum absolute atomic E-state index is 0.565. The Morgan fingerprint density at radius 2 is 1.97 bits per heavy atom. The monoisotopic (exact) mass is 430 g/mol. The van der Waals surface area contributed by atoms with Gasteiger partial charge < -0.3 is 20.4 Å². The molecular weight excluding hydrogens is 404 g/mol. The summed E-state index contributed by atoms with van der Waals surface area (Å²) in [6, 6.07) is 12.0. The largest absolute Gasteiger partial charge is 0.478 e. The zero-order valence-corrected chi connectivity index (χ0v) is 18.0. The summed E-state index contributed by atoms with van der Waals surface area (Å²) >= 11 is 0. The molecule has 0 spiro atoms. The highest BCUT2D eigenvalue weighted by Crippen LogP contribution is 2.25. The number of fused-ring (bicyclic) bond motifs is 1. The van der Waals surface area contributed by atoms with Crippen molar-refractivity contribution in [2.75, 3.05) is 38.1 Å². The number of aromatic amines is 1. The first-order valence-electron chi connectivity index (χ1n) is 10.9. The molecule has 4 aromatic rings. The first-order valence-corrected chi connectivity index (χ1v) is 10.9. The number of anilines is 2. The summed E-state index contributed by atoms with van der Waals surface area (Å²) in [7, 11) is 0. The smallest absolute Gasteiger partial charge is 0.216 e. The van der Waals surface area contributed by atoms with Crippen molar-refractivity contribution in [3.63, 3.8) is 0 Å². The van der Waals surface area contributed by atoms with Crippen molar-refractivity contribution in [3.05, 3.63) is 54.5 Å². The fraction of sp³-hybridized carbons (Fsp3) is 0.304. The zero-order valence-electron chi connectivity index (χ0n) is 18.0. The summed E-state index contributed by atoms with van der Waals surface area (Å²) in [4.78, 5) is 23.4. The summed E-state index contributed by atoms with van der Waals surface area (Å²) in [5, 5.41) is 6.69. The van der Waals surface area contributed by atoms with Crippen LogP contribution in [0.3, 0.4) is 0 Å². The van der Waals surface area contributed by atoms with E-state index in [9.17, 15) is 0 Å². The average molecular weight is 431 g/mol. The molecule has 32 heavy (non-hydrogen) atoms. The molecule has 9 heteroatoms. The van der Waals surface area contributed by atoms with E-state index >= 15 is 0 Å². The van der Waals surface area contributed by atoms with Crippen LogP contribution in [-0.4, -0.2) is 62.6 Å². The zero-order chi connectivity index (χ0) is 21.8. The number of H-pyrrole nitrogens is 1. The number of aromatic nitrogens is 5. The van der Waals surface area contributed by atoms with Crippen LogP contribution in [0.1, 0.15) is 12.5 Å². The third-order valence-corrected chi connectivity index (χ3v) is 5.40.